The molecule has 0 saturated carbocycles. The van der Waals surface area contributed by atoms with Gasteiger partial charge in [-0.2, -0.15) is 5.10 Å². The lowest BCUT2D eigenvalue weighted by atomic mass is 10.1. The molecule has 3 aromatic rings. The second-order valence-electron chi connectivity index (χ2n) is 4.97. The van der Waals surface area contributed by atoms with E-state index in [4.69, 9.17) is 0 Å². The Morgan fingerprint density at radius 1 is 1.14 bits per heavy atom. The molecule has 2 aromatic heterocycles. The lowest BCUT2D eigenvalue weighted by molar-refractivity contribution is 0.0774. The van der Waals surface area contributed by atoms with E-state index in [1.54, 1.807) is 21.8 Å². The largest absolute Gasteiger partial charge is 0.339 e. The smallest absolute Gasteiger partial charge is 0.259 e. The Hall–Kier alpha value is -2.69. The topological polar surface area (TPSA) is 50.5 Å². The number of nitrogens with zero attached hydrogens (tertiary/aromatic N) is 4. The highest BCUT2D eigenvalue weighted by Crippen LogP contribution is 2.21. The van der Waals surface area contributed by atoms with E-state index < -0.39 is 0 Å². The first-order chi connectivity index (χ1) is 10.8. The molecule has 5 heteroatoms. The van der Waals surface area contributed by atoms with Crippen molar-refractivity contribution in [2.45, 2.75) is 13.8 Å². The Morgan fingerprint density at radius 2 is 1.86 bits per heavy atom. The van der Waals surface area contributed by atoms with Crippen molar-refractivity contribution in [3.8, 4) is 11.3 Å². The van der Waals surface area contributed by atoms with Crippen LogP contribution in [0.4, 0.5) is 0 Å². The zero-order valence-corrected chi connectivity index (χ0v) is 12.7. The summed E-state index contributed by atoms with van der Waals surface area (Å²) in [5, 5.41) is 4.37. The SMILES string of the molecule is CCN(CC)C(=O)c1cnn2c(-c3ccccc3)ccnc12. The molecule has 3 rings (SSSR count). The van der Waals surface area contributed by atoms with E-state index in [-0.39, 0.29) is 5.91 Å². The molecule has 0 spiro atoms. The highest BCUT2D eigenvalue weighted by Gasteiger charge is 2.19. The molecular weight excluding hydrogens is 276 g/mol. The number of amides is 1. The van der Waals surface area contributed by atoms with Crippen LogP contribution in [0.25, 0.3) is 16.9 Å². The number of aromatic nitrogens is 3. The predicted octanol–water partition coefficient (Wildman–Crippen LogP) is 2.88. The second-order valence-corrected chi connectivity index (χ2v) is 4.97. The molecule has 1 amide bonds. The summed E-state index contributed by atoms with van der Waals surface area (Å²) < 4.78 is 1.73. The Kier molecular flexibility index (Phi) is 3.87. The molecule has 0 aliphatic rings. The zero-order chi connectivity index (χ0) is 15.5. The minimum absolute atomic E-state index is 0.0299. The summed E-state index contributed by atoms with van der Waals surface area (Å²) >= 11 is 0. The number of benzene rings is 1. The van der Waals surface area contributed by atoms with Crippen LogP contribution in [0.1, 0.15) is 24.2 Å². The van der Waals surface area contributed by atoms with Crippen molar-refractivity contribution in [3.63, 3.8) is 0 Å². The number of carbonyl (C=O) groups excluding carboxylic acids is 1. The minimum atomic E-state index is -0.0299. The third kappa shape index (κ3) is 2.35. The Bertz CT molecular complexity index is 791. The standard InChI is InChI=1S/C17H18N4O/c1-3-20(4-2)17(22)14-12-19-21-15(10-11-18-16(14)21)13-8-6-5-7-9-13/h5-12H,3-4H2,1-2H3. The van der Waals surface area contributed by atoms with Crippen LogP contribution >= 0.6 is 0 Å². The monoisotopic (exact) mass is 294 g/mol. The molecular formula is C17H18N4O. The van der Waals surface area contributed by atoms with Gasteiger partial charge in [-0.3, -0.25) is 4.79 Å². The fraction of sp³-hybridized carbons (Fsp3) is 0.235. The van der Waals surface area contributed by atoms with Crippen molar-refractivity contribution >= 4 is 11.6 Å². The molecule has 1 aromatic carbocycles. The first-order valence-electron chi connectivity index (χ1n) is 7.43. The van der Waals surface area contributed by atoms with E-state index in [1.165, 1.54) is 0 Å². The van der Waals surface area contributed by atoms with Gasteiger partial charge >= 0.3 is 0 Å². The van der Waals surface area contributed by atoms with Crippen molar-refractivity contribution in [2.75, 3.05) is 13.1 Å². The number of hydrogen-bond acceptors (Lipinski definition) is 3. The summed E-state index contributed by atoms with van der Waals surface area (Å²) in [4.78, 5) is 18.7. The maximum absolute atomic E-state index is 12.6. The maximum atomic E-state index is 12.6. The number of rotatable bonds is 4. The average molecular weight is 294 g/mol. The van der Waals surface area contributed by atoms with E-state index in [0.29, 0.717) is 24.3 Å². The predicted molar refractivity (Wildman–Crippen MR) is 85.7 cm³/mol. The van der Waals surface area contributed by atoms with Crippen LogP contribution in [0.15, 0.2) is 48.8 Å². The first-order valence-corrected chi connectivity index (χ1v) is 7.43. The molecule has 2 heterocycles. The number of carbonyl (C=O) groups is 1. The molecule has 5 nitrogen and oxygen atoms in total. The van der Waals surface area contributed by atoms with Crippen molar-refractivity contribution in [2.24, 2.45) is 0 Å². The van der Waals surface area contributed by atoms with Crippen LogP contribution in [0.3, 0.4) is 0 Å². The fourth-order valence-electron chi connectivity index (χ4n) is 2.55. The van der Waals surface area contributed by atoms with Gasteiger partial charge in [-0.15, -0.1) is 0 Å². The molecule has 0 N–H and O–H groups in total. The Labute approximate surface area is 129 Å². The van der Waals surface area contributed by atoms with Crippen LogP contribution in [0.5, 0.6) is 0 Å². The molecule has 0 bridgehead atoms. The fourth-order valence-corrected chi connectivity index (χ4v) is 2.55. The van der Waals surface area contributed by atoms with Gasteiger partial charge in [0.15, 0.2) is 5.65 Å². The highest BCUT2D eigenvalue weighted by atomic mass is 16.2. The summed E-state index contributed by atoms with van der Waals surface area (Å²) in [6.07, 6.45) is 3.33. The molecule has 0 radical (unpaired) electrons. The van der Waals surface area contributed by atoms with Gasteiger partial charge in [0.05, 0.1) is 11.9 Å². The van der Waals surface area contributed by atoms with Gasteiger partial charge in [-0.05, 0) is 19.9 Å². The van der Waals surface area contributed by atoms with E-state index >= 15 is 0 Å². The number of hydrogen-bond donors (Lipinski definition) is 0. The van der Waals surface area contributed by atoms with E-state index in [2.05, 4.69) is 10.1 Å². The van der Waals surface area contributed by atoms with Crippen LogP contribution < -0.4 is 0 Å². The van der Waals surface area contributed by atoms with Gasteiger partial charge in [0, 0.05) is 24.8 Å². The minimum Gasteiger partial charge on any atom is -0.339 e. The third-order valence-corrected chi connectivity index (χ3v) is 3.75. The maximum Gasteiger partial charge on any atom is 0.259 e. The molecule has 0 saturated heterocycles. The molecule has 0 unspecified atom stereocenters. The average Bonchev–Trinajstić information content (AvgIpc) is 3.00. The lowest BCUT2D eigenvalue weighted by Crippen LogP contribution is -2.30. The lowest BCUT2D eigenvalue weighted by Gasteiger charge is -2.17. The highest BCUT2D eigenvalue weighted by molar-refractivity contribution is 5.99. The quantitative estimate of drug-likeness (QED) is 0.743. The molecule has 0 atom stereocenters. The van der Waals surface area contributed by atoms with Gasteiger partial charge in [0.1, 0.15) is 5.56 Å². The van der Waals surface area contributed by atoms with Gasteiger partial charge in [-0.1, -0.05) is 30.3 Å². The third-order valence-electron chi connectivity index (χ3n) is 3.75. The van der Waals surface area contributed by atoms with Crippen LogP contribution in [0, 0.1) is 0 Å². The summed E-state index contributed by atoms with van der Waals surface area (Å²) in [6, 6.07) is 11.9. The van der Waals surface area contributed by atoms with Crippen molar-refractivity contribution in [1.29, 1.82) is 0 Å². The van der Waals surface area contributed by atoms with E-state index in [9.17, 15) is 4.79 Å². The Morgan fingerprint density at radius 3 is 2.55 bits per heavy atom. The number of fused-ring (bicyclic) bond motifs is 1. The van der Waals surface area contributed by atoms with Gasteiger partial charge in [0.2, 0.25) is 0 Å². The summed E-state index contributed by atoms with van der Waals surface area (Å²) in [6.45, 7) is 5.28. The zero-order valence-electron chi connectivity index (χ0n) is 12.7. The molecule has 0 aliphatic heterocycles. The summed E-state index contributed by atoms with van der Waals surface area (Å²) in [5.41, 5.74) is 3.10. The first kappa shape index (κ1) is 14.3. The van der Waals surface area contributed by atoms with Crippen LogP contribution in [-0.2, 0) is 0 Å². The second kappa shape index (κ2) is 5.97. The van der Waals surface area contributed by atoms with Crippen molar-refractivity contribution in [1.82, 2.24) is 19.5 Å². The van der Waals surface area contributed by atoms with Crippen LogP contribution in [-0.4, -0.2) is 38.5 Å². The van der Waals surface area contributed by atoms with Gasteiger partial charge in [-0.25, -0.2) is 9.50 Å². The molecule has 0 fully saturated rings. The van der Waals surface area contributed by atoms with Gasteiger partial charge in [0.25, 0.3) is 5.91 Å². The van der Waals surface area contributed by atoms with Crippen molar-refractivity contribution in [3.05, 3.63) is 54.4 Å². The molecule has 112 valence electrons. The molecule has 0 aliphatic carbocycles. The van der Waals surface area contributed by atoms with E-state index in [0.717, 1.165) is 11.3 Å². The van der Waals surface area contributed by atoms with E-state index in [1.807, 2.05) is 50.2 Å². The Balaban J connectivity index is 2.12. The summed E-state index contributed by atoms with van der Waals surface area (Å²) in [5.74, 6) is -0.0299. The normalized spacial score (nSPS) is 10.8. The molecule has 22 heavy (non-hydrogen) atoms. The van der Waals surface area contributed by atoms with Crippen molar-refractivity contribution < 1.29 is 4.79 Å². The summed E-state index contributed by atoms with van der Waals surface area (Å²) in [7, 11) is 0. The van der Waals surface area contributed by atoms with Crippen LogP contribution in [0.2, 0.25) is 0 Å². The van der Waals surface area contributed by atoms with Gasteiger partial charge < -0.3 is 4.90 Å².